The lowest BCUT2D eigenvalue weighted by molar-refractivity contribution is -0.116. The highest BCUT2D eigenvalue weighted by molar-refractivity contribution is 5.96. The second-order valence-electron chi connectivity index (χ2n) is 6.22. The Hall–Kier alpha value is -3.35. The summed E-state index contributed by atoms with van der Waals surface area (Å²) >= 11 is 0. The van der Waals surface area contributed by atoms with E-state index in [1.165, 1.54) is 0 Å². The van der Waals surface area contributed by atoms with Gasteiger partial charge in [0.15, 0.2) is 0 Å². The standard InChI is InChI=1S/C21H26N4O3/c1-3-12-22-21(28)15-6-5-7-18(13-15)23-14-20(27)25-17-10-8-16(9-11-17)24-19(26)4-2/h5-11,13,23H,3-4,12,14H2,1-2H3,(H,22,28)(H,24,26)(H,25,27). The number of carbonyl (C=O) groups excluding carboxylic acids is 3. The van der Waals surface area contributed by atoms with Gasteiger partial charge < -0.3 is 21.3 Å². The molecule has 0 fully saturated rings. The van der Waals surface area contributed by atoms with E-state index in [0.717, 1.165) is 6.42 Å². The summed E-state index contributed by atoms with van der Waals surface area (Å²) in [6.45, 7) is 4.46. The van der Waals surface area contributed by atoms with Gasteiger partial charge in [0.1, 0.15) is 0 Å². The first kappa shape index (κ1) is 21.0. The first-order valence-electron chi connectivity index (χ1n) is 9.33. The molecule has 2 rings (SSSR count). The molecule has 0 unspecified atom stereocenters. The van der Waals surface area contributed by atoms with E-state index >= 15 is 0 Å². The highest BCUT2D eigenvalue weighted by atomic mass is 16.2. The lowest BCUT2D eigenvalue weighted by atomic mass is 10.2. The molecule has 148 valence electrons. The van der Waals surface area contributed by atoms with Gasteiger partial charge in [-0.25, -0.2) is 0 Å². The third kappa shape index (κ3) is 6.75. The molecule has 28 heavy (non-hydrogen) atoms. The Labute approximate surface area is 164 Å². The minimum absolute atomic E-state index is 0.0633. The summed E-state index contributed by atoms with van der Waals surface area (Å²) in [4.78, 5) is 35.5. The Morgan fingerprint density at radius 3 is 2.07 bits per heavy atom. The quantitative estimate of drug-likeness (QED) is 0.535. The van der Waals surface area contributed by atoms with E-state index in [1.807, 2.05) is 6.92 Å². The number of nitrogens with one attached hydrogen (secondary N) is 4. The Morgan fingerprint density at radius 2 is 1.46 bits per heavy atom. The van der Waals surface area contributed by atoms with Crippen LogP contribution in [0.2, 0.25) is 0 Å². The van der Waals surface area contributed by atoms with E-state index < -0.39 is 0 Å². The number of rotatable bonds is 9. The summed E-state index contributed by atoms with van der Waals surface area (Å²) in [5.41, 5.74) is 2.55. The van der Waals surface area contributed by atoms with Gasteiger partial charge in [-0.05, 0) is 48.9 Å². The van der Waals surface area contributed by atoms with Crippen LogP contribution in [0.1, 0.15) is 37.0 Å². The highest BCUT2D eigenvalue weighted by Crippen LogP contribution is 2.14. The highest BCUT2D eigenvalue weighted by Gasteiger charge is 2.07. The van der Waals surface area contributed by atoms with Crippen molar-refractivity contribution in [2.75, 3.05) is 29.0 Å². The molecular formula is C21H26N4O3. The second-order valence-corrected chi connectivity index (χ2v) is 6.22. The van der Waals surface area contributed by atoms with E-state index in [9.17, 15) is 14.4 Å². The average molecular weight is 382 g/mol. The zero-order chi connectivity index (χ0) is 20.4. The number of carbonyl (C=O) groups is 3. The molecule has 0 heterocycles. The van der Waals surface area contributed by atoms with Crippen molar-refractivity contribution < 1.29 is 14.4 Å². The minimum Gasteiger partial charge on any atom is -0.376 e. The SMILES string of the molecule is CCCNC(=O)c1cccc(NCC(=O)Nc2ccc(NC(=O)CC)cc2)c1. The second kappa shape index (κ2) is 10.7. The van der Waals surface area contributed by atoms with Crippen LogP contribution >= 0.6 is 0 Å². The maximum Gasteiger partial charge on any atom is 0.251 e. The van der Waals surface area contributed by atoms with E-state index in [1.54, 1.807) is 55.5 Å². The summed E-state index contributed by atoms with van der Waals surface area (Å²) in [7, 11) is 0. The lowest BCUT2D eigenvalue weighted by Gasteiger charge is -2.10. The van der Waals surface area contributed by atoms with Crippen molar-refractivity contribution >= 4 is 34.8 Å². The molecule has 0 bridgehead atoms. The van der Waals surface area contributed by atoms with Gasteiger partial charge in [0.2, 0.25) is 11.8 Å². The van der Waals surface area contributed by atoms with Crippen molar-refractivity contribution in [3.05, 3.63) is 54.1 Å². The zero-order valence-electron chi connectivity index (χ0n) is 16.2. The molecule has 3 amide bonds. The molecule has 0 atom stereocenters. The van der Waals surface area contributed by atoms with Crippen molar-refractivity contribution in [1.29, 1.82) is 0 Å². The van der Waals surface area contributed by atoms with Crippen molar-refractivity contribution in [2.24, 2.45) is 0 Å². The van der Waals surface area contributed by atoms with Gasteiger partial charge in [-0.1, -0.05) is 19.9 Å². The fourth-order valence-corrected chi connectivity index (χ4v) is 2.38. The largest absolute Gasteiger partial charge is 0.376 e. The third-order valence-electron chi connectivity index (χ3n) is 3.89. The molecular weight excluding hydrogens is 356 g/mol. The van der Waals surface area contributed by atoms with Crippen LogP contribution in [0.5, 0.6) is 0 Å². The molecule has 0 saturated heterocycles. The number of amides is 3. The fourth-order valence-electron chi connectivity index (χ4n) is 2.38. The Kier molecular flexibility index (Phi) is 8.02. The van der Waals surface area contributed by atoms with Gasteiger partial charge in [0, 0.05) is 35.6 Å². The molecule has 0 saturated carbocycles. The van der Waals surface area contributed by atoms with E-state index in [0.29, 0.717) is 35.6 Å². The average Bonchev–Trinajstić information content (AvgIpc) is 2.72. The number of benzene rings is 2. The van der Waals surface area contributed by atoms with Crippen molar-refractivity contribution in [3.63, 3.8) is 0 Å². The van der Waals surface area contributed by atoms with Crippen LogP contribution < -0.4 is 21.3 Å². The van der Waals surface area contributed by atoms with Gasteiger partial charge in [0.25, 0.3) is 5.91 Å². The first-order chi connectivity index (χ1) is 13.5. The Balaban J connectivity index is 1.85. The van der Waals surface area contributed by atoms with Gasteiger partial charge in [-0.15, -0.1) is 0 Å². The Bertz CT molecular complexity index is 819. The summed E-state index contributed by atoms with van der Waals surface area (Å²) in [5, 5.41) is 11.4. The van der Waals surface area contributed by atoms with Crippen LogP contribution in [0, 0.1) is 0 Å². The molecule has 0 spiro atoms. The molecule has 0 aliphatic heterocycles. The maximum atomic E-state index is 12.1. The first-order valence-corrected chi connectivity index (χ1v) is 9.33. The van der Waals surface area contributed by atoms with Crippen LogP contribution in [0.4, 0.5) is 17.1 Å². The zero-order valence-corrected chi connectivity index (χ0v) is 16.2. The summed E-state index contributed by atoms with van der Waals surface area (Å²) < 4.78 is 0. The summed E-state index contributed by atoms with van der Waals surface area (Å²) in [6.07, 6.45) is 1.28. The molecule has 2 aromatic rings. The molecule has 0 aromatic heterocycles. The van der Waals surface area contributed by atoms with Crippen molar-refractivity contribution in [3.8, 4) is 0 Å². The maximum absolute atomic E-state index is 12.1. The summed E-state index contributed by atoms with van der Waals surface area (Å²) in [5.74, 6) is -0.414. The fraction of sp³-hybridized carbons (Fsp3) is 0.286. The van der Waals surface area contributed by atoms with Gasteiger partial charge >= 0.3 is 0 Å². The van der Waals surface area contributed by atoms with E-state index in [-0.39, 0.29) is 24.3 Å². The van der Waals surface area contributed by atoms with Gasteiger partial charge in [-0.2, -0.15) is 0 Å². The van der Waals surface area contributed by atoms with Crippen LogP contribution in [-0.4, -0.2) is 30.8 Å². The monoisotopic (exact) mass is 382 g/mol. The molecule has 7 nitrogen and oxygen atoms in total. The molecule has 4 N–H and O–H groups in total. The van der Waals surface area contributed by atoms with Gasteiger partial charge in [0.05, 0.1) is 6.54 Å². The minimum atomic E-state index is -0.216. The predicted octanol–water partition coefficient (Wildman–Crippen LogP) is 3.23. The number of anilines is 3. The number of hydrogen-bond acceptors (Lipinski definition) is 4. The summed E-state index contributed by atoms with van der Waals surface area (Å²) in [6, 6.07) is 13.9. The predicted molar refractivity (Wildman–Crippen MR) is 112 cm³/mol. The third-order valence-corrected chi connectivity index (χ3v) is 3.89. The van der Waals surface area contributed by atoms with Crippen molar-refractivity contribution in [1.82, 2.24) is 5.32 Å². The van der Waals surface area contributed by atoms with Crippen LogP contribution in [0.15, 0.2) is 48.5 Å². The van der Waals surface area contributed by atoms with E-state index in [4.69, 9.17) is 0 Å². The van der Waals surface area contributed by atoms with Crippen LogP contribution in [0.3, 0.4) is 0 Å². The van der Waals surface area contributed by atoms with Crippen LogP contribution in [-0.2, 0) is 9.59 Å². The smallest absolute Gasteiger partial charge is 0.251 e. The molecule has 0 aliphatic carbocycles. The molecule has 0 aliphatic rings. The van der Waals surface area contributed by atoms with Crippen molar-refractivity contribution in [2.45, 2.75) is 26.7 Å². The number of hydrogen-bond donors (Lipinski definition) is 4. The van der Waals surface area contributed by atoms with E-state index in [2.05, 4.69) is 21.3 Å². The van der Waals surface area contributed by atoms with Crippen LogP contribution in [0.25, 0.3) is 0 Å². The molecule has 2 aromatic carbocycles. The normalized spacial score (nSPS) is 10.1. The lowest BCUT2D eigenvalue weighted by Crippen LogP contribution is -2.24. The van der Waals surface area contributed by atoms with Gasteiger partial charge in [-0.3, -0.25) is 14.4 Å². The Morgan fingerprint density at radius 1 is 0.821 bits per heavy atom. The topological polar surface area (TPSA) is 99.3 Å². The molecule has 7 heteroatoms. The molecule has 0 radical (unpaired) electrons.